The van der Waals surface area contributed by atoms with Crippen LogP contribution in [0.25, 0.3) is 0 Å². The fourth-order valence-electron chi connectivity index (χ4n) is 6.34. The predicted molar refractivity (Wildman–Crippen MR) is 272 cm³/mol. The zero-order chi connectivity index (χ0) is 47.7. The molecule has 0 aliphatic rings. The number of aromatic hydroxyl groups is 2. The normalized spacial score (nSPS) is 10.8. The van der Waals surface area contributed by atoms with Crippen LogP contribution in [-0.4, -0.2) is 22.2 Å². The Morgan fingerprint density at radius 2 is 0.776 bits per heavy atom. The second-order valence-corrected chi connectivity index (χ2v) is 19.7. The Balaban J connectivity index is 0.000000555. The number of rotatable bonds is 12. The van der Waals surface area contributed by atoms with Crippen molar-refractivity contribution in [2.75, 3.05) is 0 Å². The molecular formula is C58H60O6S2Zr. The van der Waals surface area contributed by atoms with E-state index < -0.39 is 11.9 Å². The molecule has 6 nitrogen and oxygen atoms in total. The van der Waals surface area contributed by atoms with Crippen LogP contribution in [0.4, 0.5) is 0 Å². The molecule has 0 heterocycles. The van der Waals surface area contributed by atoms with Gasteiger partial charge in [0.1, 0.15) is 35.8 Å². The molecule has 7 rings (SSSR count). The maximum atomic E-state index is 13.3. The second kappa shape index (κ2) is 26.1. The van der Waals surface area contributed by atoms with Crippen molar-refractivity contribution < 1.29 is 55.5 Å². The molecule has 0 unspecified atom stereocenters. The summed E-state index contributed by atoms with van der Waals surface area (Å²) in [6.07, 6.45) is 0. The second-order valence-electron chi connectivity index (χ2n) is 17.7. The largest absolute Gasteiger partial charge is 2.00 e. The number of phenolic OH excluding ortho intramolecular Hbond substituents is 2. The minimum absolute atomic E-state index is 0. The zero-order valence-corrected chi connectivity index (χ0v) is 43.3. The van der Waals surface area contributed by atoms with E-state index in [9.17, 15) is 19.8 Å². The summed E-state index contributed by atoms with van der Waals surface area (Å²) >= 11 is 3.11. The monoisotopic (exact) mass is 1010 g/mol. The van der Waals surface area contributed by atoms with Crippen molar-refractivity contribution in [3.63, 3.8) is 0 Å². The zero-order valence-electron chi connectivity index (χ0n) is 39.3. The van der Waals surface area contributed by atoms with Gasteiger partial charge in [-0.05, 0) is 57.3 Å². The molecule has 0 spiro atoms. The summed E-state index contributed by atoms with van der Waals surface area (Å²) in [4.78, 5) is 28.5. The van der Waals surface area contributed by atoms with Crippen molar-refractivity contribution in [2.24, 2.45) is 0 Å². The van der Waals surface area contributed by atoms with E-state index in [1.807, 2.05) is 158 Å². The van der Waals surface area contributed by atoms with Gasteiger partial charge in [-0.2, -0.15) is 49.2 Å². The summed E-state index contributed by atoms with van der Waals surface area (Å²) in [6, 6.07) is 54.0. The number of hydrogen-bond donors (Lipinski definition) is 2. The van der Waals surface area contributed by atoms with Gasteiger partial charge in [-0.15, -0.1) is 47.8 Å². The fraction of sp³-hybridized carbons (Fsp3) is 0.207. The Morgan fingerprint density at radius 3 is 1.06 bits per heavy atom. The van der Waals surface area contributed by atoms with Crippen LogP contribution in [0.1, 0.15) is 107 Å². The molecule has 0 aliphatic carbocycles. The van der Waals surface area contributed by atoms with Crippen LogP contribution >= 0.6 is 23.5 Å². The van der Waals surface area contributed by atoms with Gasteiger partial charge in [0.2, 0.25) is 0 Å². The number of thioether (sulfide) groups is 2. The van der Waals surface area contributed by atoms with Crippen LogP contribution in [-0.2, 0) is 71.2 Å². The number of phenols is 2. The van der Waals surface area contributed by atoms with Crippen LogP contribution in [0.3, 0.4) is 0 Å². The Kier molecular flexibility index (Phi) is 21.0. The number of esters is 2. The van der Waals surface area contributed by atoms with Crippen molar-refractivity contribution in [1.29, 1.82) is 0 Å². The molecule has 0 aliphatic heterocycles. The summed E-state index contributed by atoms with van der Waals surface area (Å²) < 4.78 is 11.2. The molecule has 2 N–H and O–H groups in total. The molecule has 67 heavy (non-hydrogen) atoms. The van der Waals surface area contributed by atoms with Crippen LogP contribution in [0.2, 0.25) is 0 Å². The van der Waals surface area contributed by atoms with Gasteiger partial charge in [0.05, 0.1) is 0 Å². The van der Waals surface area contributed by atoms with Crippen LogP contribution in [0.15, 0.2) is 180 Å². The summed E-state index contributed by atoms with van der Waals surface area (Å²) in [6.45, 7) is 20.1. The SMILES string of the molecule is CC(C)(C)c1cc(CSc2ccccc2SCc2cc(C(C)(C)C)cc(C(=O)OCc3ccccc3)c2O)c(O)c(C(=O)OCc2ccccc2)c1.[CH2-]c1ccccc1.[CH2-]c1ccccc1.[Zr+2]. The Bertz CT molecular complexity index is 2440. The van der Waals surface area contributed by atoms with Gasteiger partial charge in [0.15, 0.2) is 0 Å². The van der Waals surface area contributed by atoms with E-state index in [-0.39, 0.29) is 72.9 Å². The molecule has 0 amide bonds. The summed E-state index contributed by atoms with van der Waals surface area (Å²) in [7, 11) is 0. The molecule has 344 valence electrons. The Labute approximate surface area is 425 Å². The van der Waals surface area contributed by atoms with Gasteiger partial charge < -0.3 is 19.7 Å². The number of benzene rings is 7. The van der Waals surface area contributed by atoms with Crippen molar-refractivity contribution in [2.45, 2.75) is 86.9 Å². The Morgan fingerprint density at radius 1 is 0.478 bits per heavy atom. The van der Waals surface area contributed by atoms with Crippen LogP contribution < -0.4 is 0 Å². The van der Waals surface area contributed by atoms with Crippen molar-refractivity contribution in [1.82, 2.24) is 0 Å². The summed E-state index contributed by atoms with van der Waals surface area (Å²) in [5, 5.41) is 22.7. The molecule has 0 atom stereocenters. The molecule has 0 aromatic heterocycles. The van der Waals surface area contributed by atoms with Crippen molar-refractivity contribution >= 4 is 35.5 Å². The molecule has 0 radical (unpaired) electrons. The molecule has 0 saturated heterocycles. The first kappa shape index (κ1) is 54.0. The first-order chi connectivity index (χ1) is 31.5. The minimum atomic E-state index is -0.574. The molecule has 0 fully saturated rings. The third kappa shape index (κ3) is 17.2. The quantitative estimate of drug-likeness (QED) is 0.0710. The third-order valence-electron chi connectivity index (χ3n) is 10.3. The number of hydrogen-bond acceptors (Lipinski definition) is 8. The first-order valence-electron chi connectivity index (χ1n) is 21.7. The maximum Gasteiger partial charge on any atom is 2.00 e. The Hall–Kier alpha value is -5.60. The van der Waals surface area contributed by atoms with E-state index in [4.69, 9.17) is 9.47 Å². The van der Waals surface area contributed by atoms with Crippen LogP contribution in [0, 0.1) is 13.8 Å². The van der Waals surface area contributed by atoms with E-state index in [1.165, 1.54) is 0 Å². The van der Waals surface area contributed by atoms with Crippen molar-refractivity contribution in [3.8, 4) is 11.5 Å². The minimum Gasteiger partial charge on any atom is -0.507 e. The molecular weight excluding hydrogens is 948 g/mol. The number of carbonyl (C=O) groups excluding carboxylic acids is 2. The number of ether oxygens (including phenoxy) is 2. The maximum absolute atomic E-state index is 13.3. The third-order valence-corrected chi connectivity index (χ3v) is 12.7. The van der Waals surface area contributed by atoms with Gasteiger partial charge in [0, 0.05) is 32.4 Å². The molecule has 7 aromatic carbocycles. The van der Waals surface area contributed by atoms with Gasteiger partial charge in [-0.1, -0.05) is 139 Å². The van der Waals surface area contributed by atoms with E-state index in [2.05, 4.69) is 55.4 Å². The fourth-order valence-corrected chi connectivity index (χ4v) is 8.53. The topological polar surface area (TPSA) is 93.1 Å². The average Bonchev–Trinajstić information content (AvgIpc) is 3.30. The van der Waals surface area contributed by atoms with E-state index in [0.717, 1.165) is 43.2 Å². The summed E-state index contributed by atoms with van der Waals surface area (Å²) in [5.41, 5.74) is 6.74. The van der Waals surface area contributed by atoms with Gasteiger partial charge >= 0.3 is 38.1 Å². The van der Waals surface area contributed by atoms with E-state index in [1.54, 1.807) is 35.7 Å². The standard InChI is InChI=1S/C44H46O6S2.2C7H7.Zr/c1-43(2,3)33-21-31(39(45)35(23-33)41(47)49-25-29-15-9-7-10-16-29)27-51-37-19-13-14-20-38(37)52-28-32-22-34(44(4,5)6)24-36(40(32)46)42(48)50-26-30-17-11-8-12-18-30;2*1-7-5-3-2-4-6-7;/h7-24,45-46H,25-28H2,1-6H3;2*2-6H,1H2;/q;2*-1;+2. The molecule has 9 heteroatoms. The van der Waals surface area contributed by atoms with E-state index in [0.29, 0.717) is 22.6 Å². The van der Waals surface area contributed by atoms with Gasteiger partial charge in [-0.25, -0.2) is 9.59 Å². The smallest absolute Gasteiger partial charge is 0.507 e. The van der Waals surface area contributed by atoms with Gasteiger partial charge in [-0.3, -0.25) is 0 Å². The van der Waals surface area contributed by atoms with E-state index >= 15 is 0 Å². The average molecular weight is 1010 g/mol. The van der Waals surface area contributed by atoms with Crippen LogP contribution in [0.5, 0.6) is 11.5 Å². The van der Waals surface area contributed by atoms with Crippen molar-refractivity contribution in [3.05, 3.63) is 239 Å². The first-order valence-corrected chi connectivity index (χ1v) is 23.7. The molecule has 7 aromatic rings. The molecule has 0 saturated carbocycles. The predicted octanol–water partition coefficient (Wildman–Crippen LogP) is 14.7. The summed E-state index contributed by atoms with van der Waals surface area (Å²) in [5.74, 6) is -0.493. The molecule has 0 bridgehead atoms. The van der Waals surface area contributed by atoms with Gasteiger partial charge in [0.25, 0.3) is 0 Å². The number of carbonyl (C=O) groups is 2.